The molecule has 1 atom stereocenters. The first-order valence-corrected chi connectivity index (χ1v) is 8.36. The van der Waals surface area contributed by atoms with Crippen molar-refractivity contribution in [3.05, 3.63) is 71.8 Å². The van der Waals surface area contributed by atoms with Gasteiger partial charge < -0.3 is 14.4 Å². The molecule has 1 amide bonds. The molecule has 25 heavy (non-hydrogen) atoms. The lowest BCUT2D eigenvalue weighted by Crippen LogP contribution is -2.35. The molecule has 0 N–H and O–H groups in total. The van der Waals surface area contributed by atoms with Gasteiger partial charge in [0.05, 0.1) is 13.0 Å². The molecule has 0 aliphatic carbocycles. The van der Waals surface area contributed by atoms with E-state index in [-0.39, 0.29) is 24.6 Å². The van der Waals surface area contributed by atoms with Crippen LogP contribution in [-0.4, -0.2) is 30.1 Å². The molecule has 0 bridgehead atoms. The van der Waals surface area contributed by atoms with Crippen molar-refractivity contribution in [2.45, 2.75) is 19.6 Å². The SMILES string of the molecule is O=C1CC(CN(Cc2ccccc2)C(=O)OCc2ccccc2)CO1. The van der Waals surface area contributed by atoms with E-state index in [0.717, 1.165) is 11.1 Å². The lowest BCUT2D eigenvalue weighted by molar-refractivity contribution is -0.137. The summed E-state index contributed by atoms with van der Waals surface area (Å²) in [4.78, 5) is 25.5. The fourth-order valence-corrected chi connectivity index (χ4v) is 2.81. The van der Waals surface area contributed by atoms with Gasteiger partial charge in [0.15, 0.2) is 0 Å². The Bertz CT molecular complexity index is 702. The van der Waals surface area contributed by atoms with E-state index >= 15 is 0 Å². The highest BCUT2D eigenvalue weighted by molar-refractivity contribution is 5.72. The highest BCUT2D eigenvalue weighted by Gasteiger charge is 2.28. The monoisotopic (exact) mass is 339 g/mol. The maximum atomic E-state index is 12.6. The molecule has 0 aromatic heterocycles. The number of rotatable bonds is 6. The van der Waals surface area contributed by atoms with Crippen LogP contribution in [0.3, 0.4) is 0 Å². The van der Waals surface area contributed by atoms with Crippen LogP contribution in [0.1, 0.15) is 17.5 Å². The summed E-state index contributed by atoms with van der Waals surface area (Å²) in [6.45, 7) is 1.47. The molecule has 0 spiro atoms. The molecule has 1 aliphatic rings. The fraction of sp³-hybridized carbons (Fsp3) is 0.300. The van der Waals surface area contributed by atoms with Gasteiger partial charge in [0.25, 0.3) is 0 Å². The van der Waals surface area contributed by atoms with Gasteiger partial charge in [-0.2, -0.15) is 0 Å². The van der Waals surface area contributed by atoms with Gasteiger partial charge in [-0.25, -0.2) is 4.79 Å². The second kappa shape index (κ2) is 8.33. The molecule has 2 aromatic carbocycles. The Hall–Kier alpha value is -2.82. The first kappa shape index (κ1) is 17.0. The molecular weight excluding hydrogens is 318 g/mol. The minimum absolute atomic E-state index is 0.0143. The largest absolute Gasteiger partial charge is 0.465 e. The van der Waals surface area contributed by atoms with Gasteiger partial charge in [-0.05, 0) is 11.1 Å². The molecule has 3 rings (SSSR count). The van der Waals surface area contributed by atoms with Gasteiger partial charge in [0, 0.05) is 19.0 Å². The summed E-state index contributed by atoms with van der Waals surface area (Å²) in [6.07, 6.45) is -0.0379. The number of hydrogen-bond donors (Lipinski definition) is 0. The van der Waals surface area contributed by atoms with E-state index in [1.807, 2.05) is 60.7 Å². The van der Waals surface area contributed by atoms with E-state index in [9.17, 15) is 9.59 Å². The zero-order valence-electron chi connectivity index (χ0n) is 14.0. The zero-order chi connectivity index (χ0) is 17.5. The van der Waals surface area contributed by atoms with E-state index in [1.165, 1.54) is 0 Å². The van der Waals surface area contributed by atoms with Crippen LogP contribution in [0.15, 0.2) is 60.7 Å². The second-order valence-corrected chi connectivity index (χ2v) is 6.16. The summed E-state index contributed by atoms with van der Waals surface area (Å²) in [6, 6.07) is 19.3. The molecule has 1 fully saturated rings. The molecule has 1 heterocycles. The van der Waals surface area contributed by atoms with Crippen LogP contribution in [0.5, 0.6) is 0 Å². The molecule has 0 radical (unpaired) electrons. The van der Waals surface area contributed by atoms with Crippen molar-refractivity contribution in [3.8, 4) is 0 Å². The smallest absolute Gasteiger partial charge is 0.410 e. The third-order valence-electron chi connectivity index (χ3n) is 4.09. The molecule has 130 valence electrons. The fourth-order valence-electron chi connectivity index (χ4n) is 2.81. The first-order chi connectivity index (χ1) is 12.2. The van der Waals surface area contributed by atoms with Gasteiger partial charge in [0.1, 0.15) is 6.61 Å². The van der Waals surface area contributed by atoms with E-state index in [0.29, 0.717) is 26.1 Å². The molecule has 1 aliphatic heterocycles. The van der Waals surface area contributed by atoms with E-state index in [2.05, 4.69) is 0 Å². The third-order valence-corrected chi connectivity index (χ3v) is 4.09. The minimum Gasteiger partial charge on any atom is -0.465 e. The second-order valence-electron chi connectivity index (χ2n) is 6.16. The van der Waals surface area contributed by atoms with Crippen LogP contribution in [-0.2, 0) is 27.4 Å². The van der Waals surface area contributed by atoms with Gasteiger partial charge >= 0.3 is 12.1 Å². The Balaban J connectivity index is 1.63. The Morgan fingerprint density at radius 1 is 1.04 bits per heavy atom. The van der Waals surface area contributed by atoms with Crippen molar-refractivity contribution in [2.75, 3.05) is 13.2 Å². The minimum atomic E-state index is -0.382. The normalized spacial score (nSPS) is 16.3. The number of carbonyl (C=O) groups excluding carboxylic acids is 2. The predicted octanol–water partition coefficient (Wildman–Crippen LogP) is 3.39. The highest BCUT2D eigenvalue weighted by Crippen LogP contribution is 2.18. The third kappa shape index (κ3) is 5.08. The topological polar surface area (TPSA) is 55.8 Å². The summed E-state index contributed by atoms with van der Waals surface area (Å²) in [5.41, 5.74) is 1.96. The first-order valence-electron chi connectivity index (χ1n) is 8.36. The molecular formula is C20H21NO4. The summed E-state index contributed by atoms with van der Waals surface area (Å²) in [5.74, 6) is -0.192. The van der Waals surface area contributed by atoms with Crippen LogP contribution in [0.4, 0.5) is 4.79 Å². The average Bonchev–Trinajstić information content (AvgIpc) is 3.06. The van der Waals surface area contributed by atoms with Crippen molar-refractivity contribution < 1.29 is 19.1 Å². The van der Waals surface area contributed by atoms with Crippen molar-refractivity contribution >= 4 is 12.1 Å². The van der Waals surface area contributed by atoms with Crippen molar-refractivity contribution in [3.63, 3.8) is 0 Å². The number of carbonyl (C=O) groups is 2. The maximum absolute atomic E-state index is 12.6. The summed E-state index contributed by atoms with van der Waals surface area (Å²) in [7, 11) is 0. The maximum Gasteiger partial charge on any atom is 0.410 e. The van der Waals surface area contributed by atoms with Crippen LogP contribution < -0.4 is 0 Å². The molecule has 5 nitrogen and oxygen atoms in total. The van der Waals surface area contributed by atoms with Crippen LogP contribution in [0.2, 0.25) is 0 Å². The Labute approximate surface area is 147 Å². The van der Waals surface area contributed by atoms with Gasteiger partial charge in [0.2, 0.25) is 0 Å². The highest BCUT2D eigenvalue weighted by atomic mass is 16.6. The van der Waals surface area contributed by atoms with Crippen LogP contribution in [0.25, 0.3) is 0 Å². The average molecular weight is 339 g/mol. The predicted molar refractivity (Wildman–Crippen MR) is 92.5 cm³/mol. The number of ether oxygens (including phenoxy) is 2. The lowest BCUT2D eigenvalue weighted by atomic mass is 10.1. The number of esters is 1. The molecule has 5 heteroatoms. The Morgan fingerprint density at radius 3 is 2.28 bits per heavy atom. The standard InChI is InChI=1S/C20H21NO4/c22-19-11-18(15-24-19)13-21(12-16-7-3-1-4-8-16)20(23)25-14-17-9-5-2-6-10-17/h1-10,18H,11-15H2. The number of nitrogens with zero attached hydrogens (tertiary/aromatic N) is 1. The summed E-state index contributed by atoms with van der Waals surface area (Å²) in [5, 5.41) is 0. The molecule has 1 saturated heterocycles. The van der Waals surface area contributed by atoms with Crippen molar-refractivity contribution in [2.24, 2.45) is 5.92 Å². The summed E-state index contributed by atoms with van der Waals surface area (Å²) >= 11 is 0. The van der Waals surface area contributed by atoms with Crippen molar-refractivity contribution in [1.82, 2.24) is 4.90 Å². The molecule has 2 aromatic rings. The quantitative estimate of drug-likeness (QED) is 0.757. The van der Waals surface area contributed by atoms with E-state index < -0.39 is 0 Å². The lowest BCUT2D eigenvalue weighted by Gasteiger charge is -2.24. The number of benzene rings is 2. The van der Waals surface area contributed by atoms with Gasteiger partial charge in [-0.3, -0.25) is 4.79 Å². The van der Waals surface area contributed by atoms with Gasteiger partial charge in [-0.1, -0.05) is 60.7 Å². The number of cyclic esters (lactones) is 1. The van der Waals surface area contributed by atoms with E-state index in [1.54, 1.807) is 4.90 Å². The van der Waals surface area contributed by atoms with E-state index in [4.69, 9.17) is 9.47 Å². The summed E-state index contributed by atoms with van der Waals surface area (Å²) < 4.78 is 10.5. The zero-order valence-corrected chi connectivity index (χ0v) is 14.0. The van der Waals surface area contributed by atoms with Crippen molar-refractivity contribution in [1.29, 1.82) is 0 Å². The van der Waals surface area contributed by atoms with Crippen LogP contribution >= 0.6 is 0 Å². The molecule has 0 saturated carbocycles. The number of amides is 1. The number of hydrogen-bond acceptors (Lipinski definition) is 4. The molecule has 1 unspecified atom stereocenters. The van der Waals surface area contributed by atoms with Crippen LogP contribution in [0, 0.1) is 5.92 Å². The van der Waals surface area contributed by atoms with Gasteiger partial charge in [-0.15, -0.1) is 0 Å². The Morgan fingerprint density at radius 2 is 1.68 bits per heavy atom. The Kier molecular flexibility index (Phi) is 5.67.